The van der Waals surface area contributed by atoms with Crippen LogP contribution in [-0.4, -0.2) is 14.8 Å². The van der Waals surface area contributed by atoms with Gasteiger partial charge in [-0.2, -0.15) is 0 Å². The summed E-state index contributed by atoms with van der Waals surface area (Å²) in [5.74, 6) is 1.61. The summed E-state index contributed by atoms with van der Waals surface area (Å²) in [7, 11) is 0. The maximum Gasteiger partial charge on any atom is 0.168 e. The van der Waals surface area contributed by atoms with Crippen LogP contribution in [0.1, 0.15) is 25.0 Å². The Bertz CT molecular complexity index is 3160. The van der Waals surface area contributed by atoms with E-state index in [4.69, 9.17) is 10.2 Å². The first kappa shape index (κ1) is 33.9. The van der Waals surface area contributed by atoms with Crippen LogP contribution in [0, 0.1) is 0 Å². The third-order valence-electron chi connectivity index (χ3n) is 12.1. The summed E-state index contributed by atoms with van der Waals surface area (Å²) in [6.45, 7) is 4.74. The minimum absolute atomic E-state index is 0.135. The Morgan fingerprint density at radius 2 is 0.845 bits per heavy atom. The van der Waals surface area contributed by atoms with Crippen LogP contribution in [0.5, 0.6) is 0 Å². The molecule has 1 aliphatic carbocycles. The van der Waals surface area contributed by atoms with E-state index >= 15 is 0 Å². The Hall–Kier alpha value is -7.36. The molecule has 0 spiro atoms. The Morgan fingerprint density at radius 3 is 1.53 bits per heavy atom. The van der Waals surface area contributed by atoms with Gasteiger partial charge in [-0.1, -0.05) is 184 Å². The van der Waals surface area contributed by atoms with Crippen LogP contribution >= 0.6 is 0 Å². The second kappa shape index (κ2) is 13.4. The Balaban J connectivity index is 1.15. The number of para-hydroxylation sites is 1. The van der Waals surface area contributed by atoms with Crippen molar-refractivity contribution in [1.29, 1.82) is 0 Å². The zero-order chi connectivity index (χ0) is 38.8. The van der Waals surface area contributed by atoms with Gasteiger partial charge in [-0.15, -0.1) is 10.2 Å². The Labute approximate surface area is 338 Å². The molecule has 0 unspecified atom stereocenters. The highest BCUT2D eigenvalue weighted by Crippen LogP contribution is 2.53. The maximum absolute atomic E-state index is 4.80. The van der Waals surface area contributed by atoms with Gasteiger partial charge in [-0.05, 0) is 108 Å². The summed E-state index contributed by atoms with van der Waals surface area (Å²) in [5, 5.41) is 14.5. The van der Waals surface area contributed by atoms with E-state index in [1.54, 1.807) is 0 Å². The van der Waals surface area contributed by atoms with Crippen molar-refractivity contribution >= 4 is 21.5 Å². The number of hydrogen-bond donors (Lipinski definition) is 0. The van der Waals surface area contributed by atoms with Crippen LogP contribution in [0.15, 0.2) is 200 Å². The lowest BCUT2D eigenvalue weighted by atomic mass is 9.79. The van der Waals surface area contributed by atoms with Crippen molar-refractivity contribution in [2.75, 3.05) is 0 Å². The highest BCUT2D eigenvalue weighted by atomic mass is 15.3. The predicted molar refractivity (Wildman–Crippen MR) is 241 cm³/mol. The first-order chi connectivity index (χ1) is 28.5. The molecule has 3 nitrogen and oxygen atoms in total. The van der Waals surface area contributed by atoms with Crippen LogP contribution in [-0.2, 0) is 5.41 Å². The van der Waals surface area contributed by atoms with Crippen LogP contribution in [0.25, 0.3) is 94.5 Å². The number of aromatic nitrogens is 3. The molecule has 1 aliphatic rings. The zero-order valence-corrected chi connectivity index (χ0v) is 32.4. The Kier molecular flexibility index (Phi) is 7.84. The summed E-state index contributed by atoms with van der Waals surface area (Å²) in [6, 6.07) is 72.3. The predicted octanol–water partition coefficient (Wildman–Crippen LogP) is 14.2. The highest BCUT2D eigenvalue weighted by molar-refractivity contribution is 6.22. The van der Waals surface area contributed by atoms with Crippen molar-refractivity contribution in [2.24, 2.45) is 0 Å². The first-order valence-electron chi connectivity index (χ1n) is 20.0. The number of nitrogens with zero attached hydrogens (tertiary/aromatic N) is 3. The molecule has 11 rings (SSSR count). The summed E-state index contributed by atoms with van der Waals surface area (Å²) < 4.78 is 2.16. The van der Waals surface area contributed by atoms with Gasteiger partial charge in [0.15, 0.2) is 11.6 Å². The highest BCUT2D eigenvalue weighted by Gasteiger charge is 2.36. The van der Waals surface area contributed by atoms with Crippen LogP contribution in [0.3, 0.4) is 0 Å². The topological polar surface area (TPSA) is 30.7 Å². The molecule has 0 saturated carbocycles. The smallest absolute Gasteiger partial charge is 0.168 e. The van der Waals surface area contributed by atoms with E-state index in [1.165, 1.54) is 71.6 Å². The fourth-order valence-corrected chi connectivity index (χ4v) is 9.33. The van der Waals surface area contributed by atoms with Gasteiger partial charge >= 0.3 is 0 Å². The van der Waals surface area contributed by atoms with Gasteiger partial charge in [-0.25, -0.2) is 0 Å². The lowest BCUT2D eigenvalue weighted by Gasteiger charge is -2.24. The van der Waals surface area contributed by atoms with Crippen molar-refractivity contribution in [3.63, 3.8) is 0 Å². The van der Waals surface area contributed by atoms with Crippen LogP contribution in [0.4, 0.5) is 0 Å². The summed E-state index contributed by atoms with van der Waals surface area (Å²) in [5.41, 5.74) is 15.6. The second-order valence-corrected chi connectivity index (χ2v) is 15.8. The van der Waals surface area contributed by atoms with E-state index in [9.17, 15) is 0 Å². The zero-order valence-electron chi connectivity index (χ0n) is 32.4. The van der Waals surface area contributed by atoms with Gasteiger partial charge in [0.25, 0.3) is 0 Å². The lowest BCUT2D eigenvalue weighted by molar-refractivity contribution is 0.661. The fraction of sp³-hybridized carbons (Fsp3) is 0.0545. The number of fused-ring (bicyclic) bond motifs is 5. The normalized spacial score (nSPS) is 12.8. The molecule has 3 heteroatoms. The van der Waals surface area contributed by atoms with E-state index in [2.05, 4.69) is 194 Å². The van der Waals surface area contributed by atoms with Gasteiger partial charge < -0.3 is 0 Å². The quantitative estimate of drug-likeness (QED) is 0.159. The molecule has 58 heavy (non-hydrogen) atoms. The van der Waals surface area contributed by atoms with Gasteiger partial charge in [0, 0.05) is 22.2 Å². The largest absolute Gasteiger partial charge is 0.275 e. The SMILES string of the molecule is CC1(C)c2ccccc2-c2cc3c(-c4ccc(-c5nnc(-c6ccccc6)n5-c5ccccc5)cc4)c4ccccc4c(-c4cccc(-c5ccccc5)c4)c3cc21. The number of benzene rings is 9. The number of hydrogen-bond acceptors (Lipinski definition) is 2. The van der Waals surface area contributed by atoms with Crippen LogP contribution < -0.4 is 0 Å². The van der Waals surface area contributed by atoms with E-state index < -0.39 is 0 Å². The van der Waals surface area contributed by atoms with Crippen molar-refractivity contribution in [2.45, 2.75) is 19.3 Å². The molecule has 0 radical (unpaired) electrons. The van der Waals surface area contributed by atoms with Gasteiger partial charge in [0.05, 0.1) is 0 Å². The van der Waals surface area contributed by atoms with Crippen LogP contribution in [0.2, 0.25) is 0 Å². The van der Waals surface area contributed by atoms with Crippen molar-refractivity contribution in [1.82, 2.24) is 14.8 Å². The molecule has 0 saturated heterocycles. The second-order valence-electron chi connectivity index (χ2n) is 15.8. The van der Waals surface area contributed by atoms with Gasteiger partial charge in [0.2, 0.25) is 0 Å². The first-order valence-corrected chi connectivity index (χ1v) is 20.0. The molecular formula is C55H39N3. The average molecular weight is 742 g/mol. The standard InChI is InChI=1S/C55H39N3/c1-55(2)49-28-15-14-25-43(49)46-34-47-48(35-50(46)55)52(41-22-16-21-40(33-41)36-17-6-3-7-18-36)45-27-13-12-26-44(45)51(47)37-29-31-39(32-30-37)54-57-56-53(38-19-8-4-9-20-38)58(54)42-23-10-5-11-24-42/h3-35H,1-2H3. The number of rotatable bonds is 6. The van der Waals surface area contributed by atoms with Crippen molar-refractivity contribution < 1.29 is 0 Å². The molecule has 0 aliphatic heterocycles. The molecule has 9 aromatic carbocycles. The summed E-state index contributed by atoms with van der Waals surface area (Å²) in [6.07, 6.45) is 0. The summed E-state index contributed by atoms with van der Waals surface area (Å²) in [4.78, 5) is 0. The monoisotopic (exact) mass is 741 g/mol. The van der Waals surface area contributed by atoms with E-state index in [0.717, 1.165) is 34.0 Å². The van der Waals surface area contributed by atoms with Gasteiger partial charge in [-0.3, -0.25) is 4.57 Å². The third kappa shape index (κ3) is 5.35. The minimum atomic E-state index is -0.135. The molecule has 0 N–H and O–H groups in total. The molecular weight excluding hydrogens is 703 g/mol. The van der Waals surface area contributed by atoms with E-state index in [0.29, 0.717) is 0 Å². The molecule has 274 valence electrons. The average Bonchev–Trinajstić information content (AvgIpc) is 3.83. The van der Waals surface area contributed by atoms with Crippen molar-refractivity contribution in [3.05, 3.63) is 211 Å². The van der Waals surface area contributed by atoms with E-state index in [1.807, 2.05) is 24.3 Å². The minimum Gasteiger partial charge on any atom is -0.275 e. The molecule has 1 heterocycles. The molecule has 1 aromatic heterocycles. The molecule has 0 atom stereocenters. The molecule has 10 aromatic rings. The fourth-order valence-electron chi connectivity index (χ4n) is 9.33. The van der Waals surface area contributed by atoms with Crippen molar-refractivity contribution in [3.8, 4) is 73.0 Å². The molecule has 0 bridgehead atoms. The third-order valence-corrected chi connectivity index (χ3v) is 12.1. The summed E-state index contributed by atoms with van der Waals surface area (Å²) >= 11 is 0. The maximum atomic E-state index is 4.80. The van der Waals surface area contributed by atoms with E-state index in [-0.39, 0.29) is 5.41 Å². The molecule has 0 fully saturated rings. The van der Waals surface area contributed by atoms with Gasteiger partial charge in [0.1, 0.15) is 0 Å². The Morgan fingerprint density at radius 1 is 0.345 bits per heavy atom. The lowest BCUT2D eigenvalue weighted by Crippen LogP contribution is -2.14. The molecule has 0 amide bonds.